The van der Waals surface area contributed by atoms with E-state index < -0.39 is 0 Å². The zero-order valence-electron chi connectivity index (χ0n) is 16.3. The zero-order valence-corrected chi connectivity index (χ0v) is 18.7. The molecule has 0 saturated carbocycles. The first-order valence-electron chi connectivity index (χ1n) is 9.13. The second-order valence-electron chi connectivity index (χ2n) is 6.74. The van der Waals surface area contributed by atoms with Gasteiger partial charge < -0.3 is 9.30 Å². The van der Waals surface area contributed by atoms with Gasteiger partial charge in [-0.1, -0.05) is 39.8 Å². The number of hydrogen-bond donors (Lipinski definition) is 0. The van der Waals surface area contributed by atoms with Crippen LogP contribution < -0.4 is 4.74 Å². The van der Waals surface area contributed by atoms with E-state index in [1.54, 1.807) is 24.3 Å². The lowest BCUT2D eigenvalue weighted by atomic mass is 10.2. The first-order valence-corrected chi connectivity index (χ1v) is 10.9. The van der Waals surface area contributed by atoms with Crippen LogP contribution in [0.5, 0.6) is 5.75 Å². The largest absolute Gasteiger partial charge is 0.483 e. The van der Waals surface area contributed by atoms with Crippen LogP contribution in [0.2, 0.25) is 0 Å². The van der Waals surface area contributed by atoms with Crippen molar-refractivity contribution in [1.82, 2.24) is 14.8 Å². The minimum absolute atomic E-state index is 0.0259. The summed E-state index contributed by atoms with van der Waals surface area (Å²) in [4.78, 5) is 12.5. The average Bonchev–Trinajstić information content (AvgIpc) is 3.13. The number of ketones is 1. The number of nitrogens with zero attached hydrogens (tertiary/aromatic N) is 3. The average molecular weight is 478 g/mol. The van der Waals surface area contributed by atoms with Gasteiger partial charge >= 0.3 is 0 Å². The van der Waals surface area contributed by atoms with Crippen molar-refractivity contribution in [2.24, 2.45) is 0 Å². The molecule has 1 aromatic heterocycles. The number of carbonyl (C=O) groups is 1. The summed E-state index contributed by atoms with van der Waals surface area (Å²) in [5.41, 5.74) is 0.657. The van der Waals surface area contributed by atoms with Crippen LogP contribution in [0.1, 0.15) is 49.1 Å². The van der Waals surface area contributed by atoms with Crippen LogP contribution in [0.15, 0.2) is 58.2 Å². The van der Waals surface area contributed by atoms with Crippen LogP contribution in [-0.4, -0.2) is 26.3 Å². The summed E-state index contributed by atoms with van der Waals surface area (Å²) in [6.45, 7) is 5.92. The minimum atomic E-state index is -0.383. The predicted octanol–water partition coefficient (Wildman–Crippen LogP) is 5.88. The number of ether oxygens (including phenoxy) is 1. The van der Waals surface area contributed by atoms with Crippen molar-refractivity contribution in [3.8, 4) is 5.75 Å². The van der Waals surface area contributed by atoms with E-state index in [1.165, 1.54) is 23.9 Å². The maximum atomic E-state index is 13.1. The maximum Gasteiger partial charge on any atom is 0.192 e. The molecule has 0 aliphatic rings. The first kappa shape index (κ1) is 21.5. The fourth-order valence-corrected chi connectivity index (χ4v) is 4.00. The van der Waals surface area contributed by atoms with Crippen LogP contribution in [0.25, 0.3) is 0 Å². The molecular formula is C21H21BrFN3O2S. The van der Waals surface area contributed by atoms with E-state index in [1.807, 2.05) is 37.5 Å². The highest BCUT2D eigenvalue weighted by Crippen LogP contribution is 2.28. The number of Topliss-reactive ketones (excluding diaryl/α,β-unsaturated/α-hetero) is 1. The molecule has 8 heteroatoms. The molecule has 1 unspecified atom stereocenters. The number of benzene rings is 2. The van der Waals surface area contributed by atoms with E-state index in [4.69, 9.17) is 4.74 Å². The Hall–Kier alpha value is -2.19. The third-order valence-corrected chi connectivity index (χ3v) is 5.67. The Morgan fingerprint density at radius 3 is 2.38 bits per heavy atom. The third-order valence-electron chi connectivity index (χ3n) is 4.20. The van der Waals surface area contributed by atoms with Crippen LogP contribution in [0.3, 0.4) is 0 Å². The molecule has 1 heterocycles. The minimum Gasteiger partial charge on any atom is -0.483 e. The lowest BCUT2D eigenvalue weighted by Gasteiger charge is -2.18. The molecule has 29 heavy (non-hydrogen) atoms. The first-order chi connectivity index (χ1) is 13.8. The van der Waals surface area contributed by atoms with Crippen molar-refractivity contribution in [2.75, 3.05) is 5.75 Å². The summed E-state index contributed by atoms with van der Waals surface area (Å²) in [5, 5.41) is 9.22. The van der Waals surface area contributed by atoms with E-state index in [9.17, 15) is 9.18 Å². The molecule has 0 amide bonds. The number of carbonyl (C=O) groups excluding carboxylic acids is 1. The smallest absolute Gasteiger partial charge is 0.192 e. The molecule has 5 nitrogen and oxygen atoms in total. The van der Waals surface area contributed by atoms with Crippen LogP contribution >= 0.6 is 27.7 Å². The lowest BCUT2D eigenvalue weighted by Crippen LogP contribution is -2.14. The van der Waals surface area contributed by atoms with Gasteiger partial charge in [0, 0.05) is 16.1 Å². The van der Waals surface area contributed by atoms with Crippen LogP contribution in [0.4, 0.5) is 4.39 Å². The topological polar surface area (TPSA) is 57.0 Å². The number of halogens is 2. The van der Waals surface area contributed by atoms with Gasteiger partial charge in [0.25, 0.3) is 0 Å². The van der Waals surface area contributed by atoms with Crippen molar-refractivity contribution in [3.63, 3.8) is 0 Å². The summed E-state index contributed by atoms with van der Waals surface area (Å²) in [5.74, 6) is 1.18. The van der Waals surface area contributed by atoms with E-state index in [0.717, 1.165) is 4.47 Å². The molecule has 0 saturated heterocycles. The highest BCUT2D eigenvalue weighted by molar-refractivity contribution is 9.10. The van der Waals surface area contributed by atoms with Gasteiger partial charge in [-0.3, -0.25) is 4.79 Å². The molecular weight excluding hydrogens is 457 g/mol. The Bertz CT molecular complexity index is 975. The van der Waals surface area contributed by atoms with Gasteiger partial charge in [-0.05, 0) is 57.2 Å². The fraction of sp³-hybridized carbons (Fsp3) is 0.286. The number of rotatable bonds is 8. The normalized spacial score (nSPS) is 12.2. The quantitative estimate of drug-likeness (QED) is 0.299. The van der Waals surface area contributed by atoms with Crippen LogP contribution in [-0.2, 0) is 0 Å². The number of thioether (sulfide) groups is 1. The summed E-state index contributed by atoms with van der Waals surface area (Å²) in [7, 11) is 0. The molecule has 0 N–H and O–H groups in total. The van der Waals surface area contributed by atoms with Crippen molar-refractivity contribution in [3.05, 3.63) is 70.2 Å². The van der Waals surface area contributed by atoms with Crippen molar-refractivity contribution >= 4 is 33.5 Å². The van der Waals surface area contributed by atoms with Gasteiger partial charge in [-0.15, -0.1) is 10.2 Å². The SMILES string of the molecule is CC(Oc1ccc(F)cc1)c1nnc(SCC(=O)c2ccc(Br)cc2)n1C(C)C. The lowest BCUT2D eigenvalue weighted by molar-refractivity contribution is 0.102. The molecule has 3 aromatic rings. The van der Waals surface area contributed by atoms with Gasteiger partial charge in [0.05, 0.1) is 5.75 Å². The predicted molar refractivity (Wildman–Crippen MR) is 115 cm³/mol. The molecule has 2 aromatic carbocycles. The molecule has 0 fully saturated rings. The zero-order chi connectivity index (χ0) is 21.0. The summed E-state index contributed by atoms with van der Waals surface area (Å²) >= 11 is 4.72. The van der Waals surface area contributed by atoms with E-state index >= 15 is 0 Å². The van der Waals surface area contributed by atoms with E-state index in [0.29, 0.717) is 22.3 Å². The van der Waals surface area contributed by atoms with E-state index in [-0.39, 0.29) is 29.5 Å². The number of hydrogen-bond acceptors (Lipinski definition) is 5. The maximum absolute atomic E-state index is 13.1. The standard InChI is InChI=1S/C21H21BrFN3O2S/c1-13(2)26-20(14(3)28-18-10-8-17(23)9-11-18)24-25-21(26)29-12-19(27)15-4-6-16(22)7-5-15/h4-11,13-14H,12H2,1-3H3. The Kier molecular flexibility index (Phi) is 7.08. The van der Waals surface area contributed by atoms with Gasteiger partial charge in [-0.2, -0.15) is 0 Å². The molecule has 3 rings (SSSR count). The molecule has 0 aliphatic carbocycles. The molecule has 0 aliphatic heterocycles. The van der Waals surface area contributed by atoms with Crippen molar-refractivity contribution < 1.29 is 13.9 Å². The van der Waals surface area contributed by atoms with Crippen molar-refractivity contribution in [1.29, 1.82) is 0 Å². The Morgan fingerprint density at radius 1 is 1.10 bits per heavy atom. The molecule has 0 bridgehead atoms. The van der Waals surface area contributed by atoms with Crippen LogP contribution in [0, 0.1) is 5.82 Å². The van der Waals surface area contributed by atoms with E-state index in [2.05, 4.69) is 26.1 Å². The second kappa shape index (κ2) is 9.54. The summed E-state index contributed by atoms with van der Waals surface area (Å²) < 4.78 is 21.9. The third kappa shape index (κ3) is 5.45. The Balaban J connectivity index is 1.73. The summed E-state index contributed by atoms with van der Waals surface area (Å²) in [6, 6.07) is 13.2. The highest BCUT2D eigenvalue weighted by atomic mass is 79.9. The Morgan fingerprint density at radius 2 is 1.76 bits per heavy atom. The Labute approximate surface area is 181 Å². The fourth-order valence-electron chi connectivity index (χ4n) is 2.77. The highest BCUT2D eigenvalue weighted by Gasteiger charge is 2.22. The molecule has 1 atom stereocenters. The second-order valence-corrected chi connectivity index (χ2v) is 8.60. The van der Waals surface area contributed by atoms with Crippen molar-refractivity contribution in [2.45, 2.75) is 38.1 Å². The summed E-state index contributed by atoms with van der Waals surface area (Å²) in [6.07, 6.45) is -0.383. The van der Waals surface area contributed by atoms with Gasteiger partial charge in [-0.25, -0.2) is 4.39 Å². The molecule has 152 valence electrons. The molecule has 0 radical (unpaired) electrons. The monoisotopic (exact) mass is 477 g/mol. The molecule has 0 spiro atoms. The van der Waals surface area contributed by atoms with Gasteiger partial charge in [0.2, 0.25) is 0 Å². The van der Waals surface area contributed by atoms with Gasteiger partial charge in [0.15, 0.2) is 22.9 Å². The number of aromatic nitrogens is 3. The van der Waals surface area contributed by atoms with Gasteiger partial charge in [0.1, 0.15) is 11.6 Å².